The van der Waals surface area contributed by atoms with Crippen molar-refractivity contribution in [2.75, 3.05) is 0 Å². The molecule has 1 rings (SSSR count). The first-order chi connectivity index (χ1) is 7.83. The van der Waals surface area contributed by atoms with Gasteiger partial charge in [0.15, 0.2) is 0 Å². The highest BCUT2D eigenvalue weighted by Crippen LogP contribution is 2.02. The SMILES string of the molecule is CC.C\C=C/C(C)=C\C=C\c1ccccc1. The van der Waals surface area contributed by atoms with E-state index in [1.54, 1.807) is 0 Å². The molecule has 0 saturated carbocycles. The van der Waals surface area contributed by atoms with Gasteiger partial charge in [0, 0.05) is 0 Å². The standard InChI is InChI=1S/C14H16.C2H6/c1-3-8-13(2)9-7-12-14-10-5-4-6-11-14;1-2/h3-12H,1-2H3;1-2H3/b8-3-,12-7+,13-9-;. The van der Waals surface area contributed by atoms with E-state index < -0.39 is 0 Å². The first kappa shape index (κ1) is 14.4. The Morgan fingerprint density at radius 3 is 2.25 bits per heavy atom. The van der Waals surface area contributed by atoms with Crippen LogP contribution in [0.4, 0.5) is 0 Å². The van der Waals surface area contributed by atoms with Crippen molar-refractivity contribution >= 4 is 6.08 Å². The lowest BCUT2D eigenvalue weighted by molar-refractivity contribution is 1.50. The molecule has 0 amide bonds. The van der Waals surface area contributed by atoms with Crippen molar-refractivity contribution in [1.29, 1.82) is 0 Å². The van der Waals surface area contributed by atoms with Gasteiger partial charge in [0.25, 0.3) is 0 Å². The summed E-state index contributed by atoms with van der Waals surface area (Å²) in [5, 5.41) is 0. The van der Waals surface area contributed by atoms with E-state index in [2.05, 4.69) is 43.4 Å². The summed E-state index contributed by atoms with van der Waals surface area (Å²) >= 11 is 0. The summed E-state index contributed by atoms with van der Waals surface area (Å²) in [6.45, 7) is 8.12. The molecule has 0 saturated heterocycles. The van der Waals surface area contributed by atoms with Gasteiger partial charge < -0.3 is 0 Å². The first-order valence-corrected chi connectivity index (χ1v) is 5.85. The molecule has 0 aliphatic rings. The maximum Gasteiger partial charge on any atom is -0.0257 e. The lowest BCUT2D eigenvalue weighted by Crippen LogP contribution is -1.68. The second-order valence-corrected chi connectivity index (χ2v) is 3.18. The van der Waals surface area contributed by atoms with Crippen LogP contribution in [0.5, 0.6) is 0 Å². The molecule has 0 aliphatic carbocycles. The van der Waals surface area contributed by atoms with Crippen LogP contribution in [0, 0.1) is 0 Å². The third-order valence-corrected chi connectivity index (χ3v) is 1.88. The van der Waals surface area contributed by atoms with Crippen molar-refractivity contribution in [1.82, 2.24) is 0 Å². The third-order valence-electron chi connectivity index (χ3n) is 1.88. The minimum absolute atomic E-state index is 1.23. The molecule has 0 heterocycles. The van der Waals surface area contributed by atoms with Crippen LogP contribution in [0.3, 0.4) is 0 Å². The zero-order valence-electron chi connectivity index (χ0n) is 10.8. The van der Waals surface area contributed by atoms with E-state index in [1.807, 2.05) is 45.0 Å². The van der Waals surface area contributed by atoms with Crippen LogP contribution in [-0.4, -0.2) is 0 Å². The number of allylic oxidation sites excluding steroid dienone is 5. The molecule has 0 atom stereocenters. The van der Waals surface area contributed by atoms with Gasteiger partial charge in [-0.25, -0.2) is 0 Å². The number of rotatable bonds is 3. The van der Waals surface area contributed by atoms with E-state index >= 15 is 0 Å². The van der Waals surface area contributed by atoms with Crippen molar-refractivity contribution in [3.05, 3.63) is 65.8 Å². The Morgan fingerprint density at radius 2 is 1.69 bits per heavy atom. The van der Waals surface area contributed by atoms with Crippen LogP contribution < -0.4 is 0 Å². The van der Waals surface area contributed by atoms with Gasteiger partial charge in [-0.1, -0.05) is 80.1 Å². The molecule has 16 heavy (non-hydrogen) atoms. The molecular formula is C16H22. The van der Waals surface area contributed by atoms with E-state index in [0.29, 0.717) is 0 Å². The Bertz CT molecular complexity index is 340. The monoisotopic (exact) mass is 214 g/mol. The molecule has 0 aromatic heterocycles. The summed E-state index contributed by atoms with van der Waals surface area (Å²) in [5.41, 5.74) is 2.50. The van der Waals surface area contributed by atoms with Crippen molar-refractivity contribution < 1.29 is 0 Å². The van der Waals surface area contributed by atoms with E-state index in [1.165, 1.54) is 11.1 Å². The van der Waals surface area contributed by atoms with Crippen molar-refractivity contribution in [2.45, 2.75) is 27.7 Å². The maximum absolute atomic E-state index is 2.10. The summed E-state index contributed by atoms with van der Waals surface area (Å²) in [6, 6.07) is 10.3. The summed E-state index contributed by atoms with van der Waals surface area (Å²) < 4.78 is 0. The average molecular weight is 214 g/mol. The molecule has 0 radical (unpaired) electrons. The Kier molecular flexibility index (Phi) is 9.00. The summed E-state index contributed by atoms with van der Waals surface area (Å²) in [5.74, 6) is 0. The van der Waals surface area contributed by atoms with Gasteiger partial charge >= 0.3 is 0 Å². The topological polar surface area (TPSA) is 0 Å². The molecule has 0 heteroatoms. The smallest absolute Gasteiger partial charge is 0.0257 e. The largest absolute Gasteiger partial charge is 0.0874 e. The third kappa shape index (κ3) is 6.83. The zero-order valence-corrected chi connectivity index (χ0v) is 10.8. The molecule has 1 aromatic rings. The maximum atomic E-state index is 2.10. The first-order valence-electron chi connectivity index (χ1n) is 5.85. The van der Waals surface area contributed by atoms with Crippen LogP contribution in [0.1, 0.15) is 33.3 Å². The number of hydrogen-bond donors (Lipinski definition) is 0. The van der Waals surface area contributed by atoms with Crippen LogP contribution >= 0.6 is 0 Å². The quantitative estimate of drug-likeness (QED) is 0.603. The Hall–Kier alpha value is -1.56. The molecule has 0 spiro atoms. The summed E-state index contributed by atoms with van der Waals surface area (Å²) in [4.78, 5) is 0. The molecule has 0 aliphatic heterocycles. The van der Waals surface area contributed by atoms with E-state index in [0.717, 1.165) is 0 Å². The summed E-state index contributed by atoms with van der Waals surface area (Å²) in [6.07, 6.45) is 10.4. The van der Waals surface area contributed by atoms with Gasteiger partial charge in [-0.2, -0.15) is 0 Å². The molecule has 86 valence electrons. The molecule has 1 aromatic carbocycles. The highest BCUT2D eigenvalue weighted by Gasteiger charge is 1.80. The Morgan fingerprint density at radius 1 is 1.06 bits per heavy atom. The highest BCUT2D eigenvalue weighted by atomic mass is 13.9. The lowest BCUT2D eigenvalue weighted by Gasteiger charge is -1.90. The molecule has 0 nitrogen and oxygen atoms in total. The fourth-order valence-electron chi connectivity index (χ4n) is 1.19. The molecule has 0 unspecified atom stereocenters. The van der Waals surface area contributed by atoms with E-state index in [9.17, 15) is 0 Å². The molecule has 0 N–H and O–H groups in total. The van der Waals surface area contributed by atoms with Crippen LogP contribution in [0.25, 0.3) is 6.08 Å². The van der Waals surface area contributed by atoms with Crippen molar-refractivity contribution in [3.8, 4) is 0 Å². The second kappa shape index (κ2) is 9.97. The van der Waals surface area contributed by atoms with Crippen LogP contribution in [0.2, 0.25) is 0 Å². The van der Waals surface area contributed by atoms with Crippen LogP contribution in [0.15, 0.2) is 60.2 Å². The minimum atomic E-state index is 1.23. The Balaban J connectivity index is 0.00000106. The molecular weight excluding hydrogens is 192 g/mol. The minimum Gasteiger partial charge on any atom is -0.0874 e. The second-order valence-electron chi connectivity index (χ2n) is 3.18. The van der Waals surface area contributed by atoms with Crippen molar-refractivity contribution in [2.24, 2.45) is 0 Å². The van der Waals surface area contributed by atoms with Gasteiger partial charge in [0.2, 0.25) is 0 Å². The van der Waals surface area contributed by atoms with Gasteiger partial charge in [-0.05, 0) is 19.4 Å². The summed E-state index contributed by atoms with van der Waals surface area (Å²) in [7, 11) is 0. The molecule has 0 bridgehead atoms. The number of hydrogen-bond acceptors (Lipinski definition) is 0. The predicted molar refractivity (Wildman–Crippen MR) is 75.4 cm³/mol. The molecule has 0 fully saturated rings. The van der Waals surface area contributed by atoms with E-state index in [4.69, 9.17) is 0 Å². The van der Waals surface area contributed by atoms with Crippen LogP contribution in [-0.2, 0) is 0 Å². The predicted octanol–water partition coefficient (Wildman–Crippen LogP) is 5.25. The van der Waals surface area contributed by atoms with Gasteiger partial charge in [0.1, 0.15) is 0 Å². The van der Waals surface area contributed by atoms with Gasteiger partial charge in [-0.3, -0.25) is 0 Å². The van der Waals surface area contributed by atoms with Gasteiger partial charge in [0.05, 0.1) is 0 Å². The fraction of sp³-hybridized carbons (Fsp3) is 0.250. The Labute approximate surface area is 100 Å². The fourth-order valence-corrected chi connectivity index (χ4v) is 1.19. The number of benzene rings is 1. The zero-order chi connectivity index (χ0) is 12.2. The lowest BCUT2D eigenvalue weighted by atomic mass is 10.2. The van der Waals surface area contributed by atoms with Crippen molar-refractivity contribution in [3.63, 3.8) is 0 Å². The van der Waals surface area contributed by atoms with E-state index in [-0.39, 0.29) is 0 Å². The normalized spacial score (nSPS) is 11.6. The average Bonchev–Trinajstić information content (AvgIpc) is 2.33. The highest BCUT2D eigenvalue weighted by molar-refractivity contribution is 5.51. The van der Waals surface area contributed by atoms with Gasteiger partial charge in [-0.15, -0.1) is 0 Å².